The molecule has 0 atom stereocenters. The molecule has 0 unspecified atom stereocenters. The highest BCUT2D eigenvalue weighted by Gasteiger charge is 2.21. The van der Waals surface area contributed by atoms with E-state index in [0.717, 1.165) is 0 Å². The molecular weight excluding hydrogens is 400 g/mol. The van der Waals surface area contributed by atoms with Crippen LogP contribution in [0.5, 0.6) is 0 Å². The van der Waals surface area contributed by atoms with E-state index in [4.69, 9.17) is 0 Å². The first-order chi connectivity index (χ1) is 6.15. The Hall–Kier alpha value is 0.200. The van der Waals surface area contributed by atoms with Gasteiger partial charge in [0.2, 0.25) is 0 Å². The van der Waals surface area contributed by atoms with Gasteiger partial charge in [-0.2, -0.15) is 0 Å². The maximum atomic E-state index is 11.1. The van der Waals surface area contributed by atoms with Crippen LogP contribution in [0.1, 0.15) is 0 Å². The summed E-state index contributed by atoms with van der Waals surface area (Å²) in [7, 11) is 0. The zero-order chi connectivity index (χ0) is 9.84. The van der Waals surface area contributed by atoms with E-state index in [2.05, 4.69) is 3.53 Å². The van der Waals surface area contributed by atoms with E-state index < -0.39 is 0 Å². The average Bonchev–Trinajstić information content (AvgIpc) is 2.17. The van der Waals surface area contributed by atoms with Crippen molar-refractivity contribution in [1.29, 1.82) is 0 Å². The van der Waals surface area contributed by atoms with E-state index >= 15 is 0 Å². The highest BCUT2D eigenvalue weighted by Crippen LogP contribution is 2.06. The Morgan fingerprint density at radius 3 is 1.92 bits per heavy atom. The minimum Gasteiger partial charge on any atom is -0.331 e. The zero-order valence-electron chi connectivity index (χ0n) is 6.80. The molecule has 74 valence electrons. The molecule has 7 heteroatoms. The van der Waals surface area contributed by atoms with Crippen LogP contribution >= 0.6 is 45.5 Å². The molecule has 1 N–H and O–H groups in total. The molecule has 3 amide bonds. The molecule has 0 saturated carbocycles. The number of hydrogen-bond acceptors (Lipinski definition) is 2. The zero-order valence-corrected chi connectivity index (χ0v) is 11.1. The average molecular weight is 409 g/mol. The number of amides is 3. The van der Waals surface area contributed by atoms with E-state index in [0.29, 0.717) is 26.2 Å². The number of hydrogen-bond donors (Lipinski definition) is 1. The van der Waals surface area contributed by atoms with Crippen LogP contribution in [0.3, 0.4) is 0 Å². The first-order valence-electron chi connectivity index (χ1n) is 3.75. The number of urea groups is 1. The van der Waals surface area contributed by atoms with E-state index in [9.17, 15) is 9.59 Å². The third-order valence-corrected chi connectivity index (χ3v) is 3.04. The van der Waals surface area contributed by atoms with Gasteiger partial charge in [0, 0.05) is 48.8 Å². The predicted molar refractivity (Wildman–Crippen MR) is 65.1 cm³/mol. The second kappa shape index (κ2) is 5.17. The highest BCUT2D eigenvalue weighted by molar-refractivity contribution is 14.1. The number of carbonyl (C=O) groups is 2. The van der Waals surface area contributed by atoms with Crippen molar-refractivity contribution in [1.82, 2.24) is 13.3 Å². The Morgan fingerprint density at radius 1 is 1.08 bits per heavy atom. The fraction of sp³-hybridized carbons (Fsp3) is 0.667. The normalized spacial score (nSPS) is 17.1. The molecule has 0 bridgehead atoms. The van der Waals surface area contributed by atoms with Crippen molar-refractivity contribution in [3.8, 4) is 0 Å². The second-order valence-corrected chi connectivity index (χ2v) is 4.09. The van der Waals surface area contributed by atoms with Crippen LogP contribution in [-0.4, -0.2) is 45.9 Å². The lowest BCUT2D eigenvalue weighted by atomic mass is 10.3. The van der Waals surface area contributed by atoms with Gasteiger partial charge in [-0.1, -0.05) is 0 Å². The SMILES string of the molecule is O=C(I)N1CCN(C(=O)NI)CC1. The van der Waals surface area contributed by atoms with Crippen molar-refractivity contribution >= 4 is 55.4 Å². The van der Waals surface area contributed by atoms with Crippen LogP contribution in [-0.2, 0) is 0 Å². The topological polar surface area (TPSA) is 52.7 Å². The van der Waals surface area contributed by atoms with E-state index in [1.807, 2.05) is 22.9 Å². The summed E-state index contributed by atoms with van der Waals surface area (Å²) in [6, 6.07) is -0.0823. The van der Waals surface area contributed by atoms with Gasteiger partial charge < -0.3 is 9.80 Å². The summed E-state index contributed by atoms with van der Waals surface area (Å²) in [5, 5.41) is 0. The molecule has 0 spiro atoms. The van der Waals surface area contributed by atoms with Crippen molar-refractivity contribution in [2.45, 2.75) is 0 Å². The molecule has 0 aromatic rings. The summed E-state index contributed by atoms with van der Waals surface area (Å²) >= 11 is 3.57. The molecular formula is C6H9I2N3O2. The predicted octanol–water partition coefficient (Wildman–Crippen LogP) is 1.22. The number of piperazine rings is 1. The van der Waals surface area contributed by atoms with Crippen molar-refractivity contribution < 1.29 is 9.59 Å². The third kappa shape index (κ3) is 3.11. The summed E-state index contributed by atoms with van der Waals surface area (Å²) in [5.41, 5.74) is 0. The Bertz CT molecular complexity index is 216. The molecule has 0 aliphatic carbocycles. The molecule has 1 fully saturated rings. The van der Waals surface area contributed by atoms with Crippen LogP contribution in [0.25, 0.3) is 0 Å². The van der Waals surface area contributed by atoms with Crippen LogP contribution in [0.4, 0.5) is 9.59 Å². The fourth-order valence-corrected chi connectivity index (χ4v) is 1.97. The molecule has 0 aromatic carbocycles. The van der Waals surface area contributed by atoms with Gasteiger partial charge in [0.05, 0.1) is 22.9 Å². The van der Waals surface area contributed by atoms with Gasteiger partial charge in [-0.15, -0.1) is 0 Å². The van der Waals surface area contributed by atoms with E-state index in [1.165, 1.54) is 0 Å². The molecule has 1 heterocycles. The third-order valence-electron chi connectivity index (χ3n) is 1.90. The summed E-state index contributed by atoms with van der Waals surface area (Å²) < 4.78 is 2.58. The Kier molecular flexibility index (Phi) is 4.49. The van der Waals surface area contributed by atoms with Gasteiger partial charge in [0.1, 0.15) is 0 Å². The first kappa shape index (κ1) is 11.3. The van der Waals surface area contributed by atoms with Gasteiger partial charge in [-0.05, 0) is 0 Å². The Morgan fingerprint density at radius 2 is 1.54 bits per heavy atom. The molecule has 1 rings (SSSR count). The van der Waals surface area contributed by atoms with Gasteiger partial charge in [0.15, 0.2) is 0 Å². The number of nitrogens with one attached hydrogen (secondary N) is 1. The van der Waals surface area contributed by atoms with Crippen molar-refractivity contribution in [2.24, 2.45) is 0 Å². The number of carbonyl (C=O) groups excluding carboxylic acids is 2. The Labute approximate surface area is 104 Å². The molecule has 5 nitrogen and oxygen atoms in total. The minimum absolute atomic E-state index is 0.0483. The van der Waals surface area contributed by atoms with E-state index in [-0.39, 0.29) is 9.95 Å². The van der Waals surface area contributed by atoms with Crippen LogP contribution in [0.15, 0.2) is 0 Å². The van der Waals surface area contributed by atoms with Gasteiger partial charge in [0.25, 0.3) is 3.91 Å². The minimum atomic E-state index is -0.0823. The first-order valence-corrected chi connectivity index (χ1v) is 5.91. The Balaban J connectivity index is 2.39. The molecule has 1 aliphatic heterocycles. The second-order valence-electron chi connectivity index (χ2n) is 2.63. The number of halogens is 2. The summed E-state index contributed by atoms with van der Waals surface area (Å²) in [4.78, 5) is 25.5. The van der Waals surface area contributed by atoms with Gasteiger partial charge in [-0.25, -0.2) is 4.79 Å². The fourth-order valence-electron chi connectivity index (χ4n) is 1.15. The van der Waals surface area contributed by atoms with Crippen LogP contribution in [0, 0.1) is 0 Å². The maximum Gasteiger partial charge on any atom is 0.326 e. The number of rotatable bonds is 0. The maximum absolute atomic E-state index is 11.1. The van der Waals surface area contributed by atoms with Crippen molar-refractivity contribution in [3.05, 3.63) is 0 Å². The molecule has 1 saturated heterocycles. The smallest absolute Gasteiger partial charge is 0.326 e. The quantitative estimate of drug-likeness (QED) is 0.283. The van der Waals surface area contributed by atoms with Crippen LogP contribution < -0.4 is 3.53 Å². The van der Waals surface area contributed by atoms with Gasteiger partial charge in [-0.3, -0.25) is 8.32 Å². The lowest BCUT2D eigenvalue weighted by Crippen LogP contribution is -2.50. The monoisotopic (exact) mass is 409 g/mol. The van der Waals surface area contributed by atoms with E-state index in [1.54, 1.807) is 32.4 Å². The summed E-state index contributed by atoms with van der Waals surface area (Å²) in [6.07, 6.45) is 0. The summed E-state index contributed by atoms with van der Waals surface area (Å²) in [5.74, 6) is 0. The lowest BCUT2D eigenvalue weighted by Gasteiger charge is -2.32. The highest BCUT2D eigenvalue weighted by atomic mass is 127. The summed E-state index contributed by atoms with van der Waals surface area (Å²) in [6.45, 7) is 2.49. The van der Waals surface area contributed by atoms with Gasteiger partial charge >= 0.3 is 6.03 Å². The lowest BCUT2D eigenvalue weighted by molar-refractivity contribution is 0.159. The largest absolute Gasteiger partial charge is 0.331 e. The van der Waals surface area contributed by atoms with Crippen LogP contribution in [0.2, 0.25) is 0 Å². The molecule has 0 radical (unpaired) electrons. The molecule has 0 aromatic heterocycles. The van der Waals surface area contributed by atoms with Crippen molar-refractivity contribution in [2.75, 3.05) is 26.2 Å². The van der Waals surface area contributed by atoms with Crippen molar-refractivity contribution in [3.63, 3.8) is 0 Å². The standard InChI is InChI=1S/C6H9I2N3O2/c7-5(12)10-1-3-11(4-2-10)6(13)9-8/h1-4H2,(H,9,13). The molecule has 1 aliphatic rings. The number of nitrogens with zero attached hydrogens (tertiary/aromatic N) is 2. The molecule has 13 heavy (non-hydrogen) atoms.